The van der Waals surface area contributed by atoms with Crippen LogP contribution in [0.5, 0.6) is 5.75 Å². The van der Waals surface area contributed by atoms with Gasteiger partial charge in [0.1, 0.15) is 29.9 Å². The van der Waals surface area contributed by atoms with E-state index in [4.69, 9.17) is 14.6 Å². The molecule has 1 saturated carbocycles. The molecule has 0 radical (unpaired) electrons. The van der Waals surface area contributed by atoms with E-state index in [0.717, 1.165) is 49.8 Å². The van der Waals surface area contributed by atoms with Gasteiger partial charge in [-0.2, -0.15) is 0 Å². The maximum Gasteiger partial charge on any atom is 0.227 e. The number of methoxy groups -OCH3 is 1. The summed E-state index contributed by atoms with van der Waals surface area (Å²) in [5.41, 5.74) is 1.30. The van der Waals surface area contributed by atoms with Crippen LogP contribution >= 0.6 is 0 Å². The van der Waals surface area contributed by atoms with Crippen molar-refractivity contribution < 1.29 is 44.2 Å². The van der Waals surface area contributed by atoms with Crippen molar-refractivity contribution in [2.24, 2.45) is 23.7 Å². The quantitative estimate of drug-likeness (QED) is 0.156. The smallest absolute Gasteiger partial charge is 0.227 e. The second-order valence-corrected chi connectivity index (χ2v) is 13.8. The number of carbonyl (C=O) groups excluding carboxylic acids is 1. The number of aromatic nitrogens is 2. The highest BCUT2D eigenvalue weighted by atomic mass is 19.1. The van der Waals surface area contributed by atoms with Gasteiger partial charge in [0, 0.05) is 57.3 Å². The average Bonchev–Trinajstić information content (AvgIpc) is 3.85. The predicted octanol–water partition coefficient (Wildman–Crippen LogP) is 1.69. The standard InChI is InChI=1S/C35H51FN4O8/c1-47-21-23-16-37-35(38-17-23)39-10-7-24(8-11-39)28-13-25(28)9-12-48-27-6-5-26(29(36)15-27)14-32(44)40-18-22(19-40)3-2-4-30(42)33(45)34(46)31(43)20-41/h5-6,15-17,22,24-25,28,30-31,33-34,41-43,45-46H,2-4,7-14,18-21H2,1H3/t25-,28-,30+,31-,33-,34-/m1/s1. The molecule has 3 aliphatic rings. The van der Waals surface area contributed by atoms with E-state index in [1.54, 1.807) is 24.1 Å². The van der Waals surface area contributed by atoms with E-state index in [-0.39, 0.29) is 24.7 Å². The van der Waals surface area contributed by atoms with Crippen LogP contribution in [0.4, 0.5) is 10.3 Å². The van der Waals surface area contributed by atoms with Crippen molar-refractivity contribution in [2.45, 2.75) is 82.4 Å². The van der Waals surface area contributed by atoms with Crippen LogP contribution in [0, 0.1) is 29.5 Å². The highest BCUT2D eigenvalue weighted by Crippen LogP contribution is 2.50. The lowest BCUT2D eigenvalue weighted by atomic mass is 9.90. The van der Waals surface area contributed by atoms with E-state index in [1.807, 2.05) is 12.4 Å². The van der Waals surface area contributed by atoms with Gasteiger partial charge in [-0.05, 0) is 73.8 Å². The molecule has 266 valence electrons. The molecule has 2 saturated heterocycles. The van der Waals surface area contributed by atoms with Crippen molar-refractivity contribution in [2.75, 3.05) is 51.4 Å². The molecule has 3 fully saturated rings. The first-order chi connectivity index (χ1) is 23.2. The van der Waals surface area contributed by atoms with Gasteiger partial charge in [0.05, 0.1) is 32.3 Å². The van der Waals surface area contributed by atoms with E-state index in [2.05, 4.69) is 14.9 Å². The number of amides is 1. The molecule has 0 spiro atoms. The predicted molar refractivity (Wildman–Crippen MR) is 175 cm³/mol. The minimum absolute atomic E-state index is 0.0252. The van der Waals surface area contributed by atoms with Gasteiger partial charge in [0.15, 0.2) is 0 Å². The second kappa shape index (κ2) is 17.1. The molecule has 0 unspecified atom stereocenters. The number of aliphatic hydroxyl groups is 5. The van der Waals surface area contributed by atoms with Crippen molar-refractivity contribution in [1.29, 1.82) is 0 Å². The summed E-state index contributed by atoms with van der Waals surface area (Å²) < 4.78 is 25.9. The van der Waals surface area contributed by atoms with E-state index in [1.165, 1.54) is 12.5 Å². The minimum Gasteiger partial charge on any atom is -0.493 e. The van der Waals surface area contributed by atoms with Crippen LogP contribution in [0.2, 0.25) is 0 Å². The fourth-order valence-electron chi connectivity index (χ4n) is 7.13. The molecule has 12 nitrogen and oxygen atoms in total. The van der Waals surface area contributed by atoms with Crippen LogP contribution in [0.15, 0.2) is 30.6 Å². The second-order valence-electron chi connectivity index (χ2n) is 13.8. The molecule has 48 heavy (non-hydrogen) atoms. The molecular formula is C35H51FN4O8. The maximum atomic E-state index is 14.9. The Morgan fingerprint density at radius 3 is 2.42 bits per heavy atom. The molecule has 5 N–H and O–H groups in total. The van der Waals surface area contributed by atoms with Gasteiger partial charge in [0.2, 0.25) is 11.9 Å². The lowest BCUT2D eigenvalue weighted by molar-refractivity contribution is -0.137. The molecule has 1 aliphatic carbocycles. The van der Waals surface area contributed by atoms with Crippen molar-refractivity contribution >= 4 is 11.9 Å². The first-order valence-electron chi connectivity index (χ1n) is 17.2. The van der Waals surface area contributed by atoms with E-state index < -0.39 is 36.8 Å². The average molecular weight is 675 g/mol. The molecule has 13 heteroatoms. The van der Waals surface area contributed by atoms with Gasteiger partial charge in [-0.1, -0.05) is 12.5 Å². The Hall–Kier alpha value is -2.94. The van der Waals surface area contributed by atoms with Crippen molar-refractivity contribution in [3.8, 4) is 5.75 Å². The molecule has 1 aromatic carbocycles. The number of nitrogens with zero attached hydrogens (tertiary/aromatic N) is 4. The largest absolute Gasteiger partial charge is 0.493 e. The van der Waals surface area contributed by atoms with E-state index >= 15 is 0 Å². The van der Waals surface area contributed by atoms with Crippen LogP contribution in [0.3, 0.4) is 0 Å². The minimum atomic E-state index is -1.63. The molecule has 1 aromatic heterocycles. The highest BCUT2D eigenvalue weighted by Gasteiger charge is 2.43. The van der Waals surface area contributed by atoms with Crippen LogP contribution in [0.25, 0.3) is 0 Å². The zero-order valence-corrected chi connectivity index (χ0v) is 27.7. The summed E-state index contributed by atoms with van der Waals surface area (Å²) in [4.78, 5) is 25.7. The third-order valence-corrected chi connectivity index (χ3v) is 10.3. The Morgan fingerprint density at radius 2 is 1.75 bits per heavy atom. The zero-order valence-electron chi connectivity index (χ0n) is 27.7. The fraction of sp³-hybridized carbons (Fsp3) is 0.686. The van der Waals surface area contributed by atoms with E-state index in [9.17, 15) is 29.6 Å². The Balaban J connectivity index is 0.940. The first-order valence-corrected chi connectivity index (χ1v) is 17.2. The van der Waals surface area contributed by atoms with Crippen molar-refractivity contribution in [1.82, 2.24) is 14.9 Å². The highest BCUT2D eigenvalue weighted by molar-refractivity contribution is 5.79. The number of piperidine rings is 1. The van der Waals surface area contributed by atoms with Crippen LogP contribution in [-0.2, 0) is 22.6 Å². The summed E-state index contributed by atoms with van der Waals surface area (Å²) in [5.74, 6) is 2.97. The third-order valence-electron chi connectivity index (χ3n) is 10.3. The molecule has 5 rings (SSSR count). The number of hydrogen-bond donors (Lipinski definition) is 5. The summed E-state index contributed by atoms with van der Waals surface area (Å²) in [6, 6.07) is 4.71. The number of halogens is 1. The number of hydrogen-bond acceptors (Lipinski definition) is 11. The van der Waals surface area contributed by atoms with Crippen molar-refractivity contribution in [3.63, 3.8) is 0 Å². The number of likely N-dealkylation sites (tertiary alicyclic amines) is 1. The van der Waals surface area contributed by atoms with Gasteiger partial charge in [-0.25, -0.2) is 14.4 Å². The Morgan fingerprint density at radius 1 is 1.04 bits per heavy atom. The Labute approximate surface area is 281 Å². The number of benzene rings is 1. The van der Waals surface area contributed by atoms with Gasteiger partial charge < -0.3 is 44.8 Å². The molecule has 1 amide bonds. The molecule has 2 aromatic rings. The summed E-state index contributed by atoms with van der Waals surface area (Å²) in [7, 11) is 1.66. The van der Waals surface area contributed by atoms with Gasteiger partial charge in [0.25, 0.3) is 0 Å². The lowest BCUT2D eigenvalue weighted by Gasteiger charge is -2.39. The summed E-state index contributed by atoms with van der Waals surface area (Å²) in [6.07, 6.45) is 3.60. The molecule has 2 aliphatic heterocycles. The molecule has 0 bridgehead atoms. The fourth-order valence-corrected chi connectivity index (χ4v) is 7.13. The third kappa shape index (κ3) is 9.60. The van der Waals surface area contributed by atoms with E-state index in [0.29, 0.717) is 62.3 Å². The topological polar surface area (TPSA) is 169 Å². The van der Waals surface area contributed by atoms with Crippen LogP contribution in [0.1, 0.15) is 56.1 Å². The summed E-state index contributed by atoms with van der Waals surface area (Å²) >= 11 is 0. The molecule has 6 atom stereocenters. The maximum absolute atomic E-state index is 14.9. The number of ether oxygens (including phenoxy) is 2. The number of rotatable bonds is 18. The van der Waals surface area contributed by atoms with Gasteiger partial charge >= 0.3 is 0 Å². The van der Waals surface area contributed by atoms with Gasteiger partial charge in [-0.15, -0.1) is 0 Å². The van der Waals surface area contributed by atoms with Crippen LogP contribution in [-0.4, -0.2) is 117 Å². The Bertz CT molecular complexity index is 1310. The lowest BCUT2D eigenvalue weighted by Crippen LogP contribution is -2.50. The zero-order chi connectivity index (χ0) is 34.2. The SMILES string of the molecule is COCc1cnc(N2CCC([C@H]3C[C@H]3CCOc3ccc(CC(=O)N4CC(CCC[C@H](O)[C@@H](O)[C@H](O)[C@H](O)CO)C4)c(F)c3)CC2)nc1. The summed E-state index contributed by atoms with van der Waals surface area (Å²) in [6.45, 7) is 3.35. The normalized spacial score (nSPS) is 22.6. The monoisotopic (exact) mass is 674 g/mol. The number of aliphatic hydroxyl groups excluding tert-OH is 5. The van der Waals surface area contributed by atoms with Crippen molar-refractivity contribution in [3.05, 3.63) is 47.5 Å². The number of anilines is 1. The number of carbonyl (C=O) groups is 1. The van der Waals surface area contributed by atoms with Crippen LogP contribution < -0.4 is 9.64 Å². The molecular weight excluding hydrogens is 623 g/mol. The summed E-state index contributed by atoms with van der Waals surface area (Å²) in [5, 5.41) is 48.0. The van der Waals surface area contributed by atoms with Gasteiger partial charge in [-0.3, -0.25) is 4.79 Å². The molecule has 3 heterocycles. The Kier molecular flexibility index (Phi) is 13.0. The first kappa shape index (κ1) is 36.3.